The maximum Gasteiger partial charge on any atom is 0.194 e. The van der Waals surface area contributed by atoms with Crippen molar-refractivity contribution in [3.63, 3.8) is 0 Å². The van der Waals surface area contributed by atoms with Crippen LogP contribution in [0.5, 0.6) is 0 Å². The zero-order valence-electron chi connectivity index (χ0n) is 13.6. The van der Waals surface area contributed by atoms with Crippen molar-refractivity contribution in [3.8, 4) is 0 Å². The zero-order chi connectivity index (χ0) is 17.3. The van der Waals surface area contributed by atoms with E-state index in [1.807, 2.05) is 6.08 Å². The van der Waals surface area contributed by atoms with E-state index in [-0.39, 0.29) is 17.3 Å². The van der Waals surface area contributed by atoms with Gasteiger partial charge in [-0.25, -0.2) is 17.6 Å². The molecule has 1 unspecified atom stereocenters. The molecule has 4 heteroatoms. The molecule has 1 aromatic carbocycles. The molecule has 0 aromatic heterocycles. The van der Waals surface area contributed by atoms with E-state index in [1.54, 1.807) is 0 Å². The molecule has 0 amide bonds. The molecule has 1 fully saturated rings. The third-order valence-electron chi connectivity index (χ3n) is 5.68. The summed E-state index contributed by atoms with van der Waals surface area (Å²) in [6.45, 7) is 3.84. The molecule has 1 saturated carbocycles. The number of hydrogen-bond acceptors (Lipinski definition) is 0. The van der Waals surface area contributed by atoms with Crippen LogP contribution in [0.2, 0.25) is 0 Å². The molecule has 1 aromatic rings. The van der Waals surface area contributed by atoms with E-state index < -0.39 is 17.5 Å². The first-order valence-corrected chi connectivity index (χ1v) is 8.64. The van der Waals surface area contributed by atoms with Crippen molar-refractivity contribution in [2.24, 2.45) is 17.8 Å². The fourth-order valence-electron chi connectivity index (χ4n) is 4.21. The van der Waals surface area contributed by atoms with Gasteiger partial charge in [0, 0.05) is 6.42 Å². The van der Waals surface area contributed by atoms with Gasteiger partial charge in [0.15, 0.2) is 17.5 Å². The molecule has 0 heterocycles. The van der Waals surface area contributed by atoms with Gasteiger partial charge >= 0.3 is 0 Å². The molecule has 2 aliphatic rings. The van der Waals surface area contributed by atoms with Crippen LogP contribution in [0, 0.1) is 35.2 Å². The highest BCUT2D eigenvalue weighted by Gasteiger charge is 2.31. The Kier molecular flexibility index (Phi) is 5.12. The second-order valence-electron chi connectivity index (χ2n) is 7.05. The number of benzene rings is 1. The van der Waals surface area contributed by atoms with E-state index in [1.165, 1.54) is 0 Å². The SMILES string of the molecule is C=CC1CCC(C2CCC(c3cc(F)c(F)c(F)c3)=C(F)C2)CC1. The average Bonchev–Trinajstić information content (AvgIpc) is 2.59. The lowest BCUT2D eigenvalue weighted by Crippen LogP contribution is -2.23. The van der Waals surface area contributed by atoms with Crippen LogP contribution in [-0.2, 0) is 0 Å². The molecule has 0 nitrogen and oxygen atoms in total. The summed E-state index contributed by atoms with van der Waals surface area (Å²) >= 11 is 0. The molecule has 2 aliphatic carbocycles. The lowest BCUT2D eigenvalue weighted by Gasteiger charge is -2.35. The average molecular weight is 338 g/mol. The third-order valence-corrected chi connectivity index (χ3v) is 5.68. The highest BCUT2D eigenvalue weighted by Crippen LogP contribution is 2.44. The molecule has 130 valence electrons. The maximum atomic E-state index is 14.6. The first-order chi connectivity index (χ1) is 11.5. The van der Waals surface area contributed by atoms with Gasteiger partial charge in [0.25, 0.3) is 0 Å². The van der Waals surface area contributed by atoms with Crippen molar-refractivity contribution in [1.82, 2.24) is 0 Å². The fraction of sp³-hybridized carbons (Fsp3) is 0.500. The monoisotopic (exact) mass is 338 g/mol. The first kappa shape index (κ1) is 17.2. The van der Waals surface area contributed by atoms with Crippen LogP contribution < -0.4 is 0 Å². The van der Waals surface area contributed by atoms with E-state index in [0.717, 1.165) is 44.2 Å². The molecular formula is C20H22F4. The van der Waals surface area contributed by atoms with Crippen molar-refractivity contribution in [2.45, 2.75) is 44.9 Å². The van der Waals surface area contributed by atoms with E-state index >= 15 is 0 Å². The molecule has 0 spiro atoms. The van der Waals surface area contributed by atoms with E-state index in [0.29, 0.717) is 30.3 Å². The Balaban J connectivity index is 1.73. The van der Waals surface area contributed by atoms with Gasteiger partial charge in [-0.2, -0.15) is 0 Å². The van der Waals surface area contributed by atoms with Crippen molar-refractivity contribution in [3.05, 3.63) is 53.6 Å². The van der Waals surface area contributed by atoms with E-state index in [4.69, 9.17) is 0 Å². The van der Waals surface area contributed by atoms with Crippen LogP contribution in [0.25, 0.3) is 5.57 Å². The van der Waals surface area contributed by atoms with E-state index in [2.05, 4.69) is 6.58 Å². The number of allylic oxidation sites excluding steroid dienone is 3. The van der Waals surface area contributed by atoms with Gasteiger partial charge in [0.1, 0.15) is 5.83 Å². The third kappa shape index (κ3) is 3.42. The predicted molar refractivity (Wildman–Crippen MR) is 87.3 cm³/mol. The zero-order valence-corrected chi connectivity index (χ0v) is 13.6. The van der Waals surface area contributed by atoms with Crippen LogP contribution in [0.1, 0.15) is 50.5 Å². The van der Waals surface area contributed by atoms with Crippen LogP contribution >= 0.6 is 0 Å². The van der Waals surface area contributed by atoms with Crippen molar-refractivity contribution >= 4 is 5.57 Å². The fourth-order valence-corrected chi connectivity index (χ4v) is 4.21. The van der Waals surface area contributed by atoms with Crippen molar-refractivity contribution in [1.29, 1.82) is 0 Å². The van der Waals surface area contributed by atoms with Gasteiger partial charge in [-0.1, -0.05) is 6.08 Å². The minimum atomic E-state index is -1.51. The highest BCUT2D eigenvalue weighted by molar-refractivity contribution is 5.68. The highest BCUT2D eigenvalue weighted by atomic mass is 19.2. The van der Waals surface area contributed by atoms with Crippen LogP contribution in [-0.4, -0.2) is 0 Å². The van der Waals surface area contributed by atoms with Gasteiger partial charge < -0.3 is 0 Å². The Bertz CT molecular complexity index is 631. The Morgan fingerprint density at radius 2 is 1.50 bits per heavy atom. The minimum Gasteiger partial charge on any atom is -0.211 e. The smallest absolute Gasteiger partial charge is 0.194 e. The second-order valence-corrected chi connectivity index (χ2v) is 7.05. The summed E-state index contributed by atoms with van der Waals surface area (Å²) in [5.41, 5.74) is 0.446. The summed E-state index contributed by atoms with van der Waals surface area (Å²) in [4.78, 5) is 0. The van der Waals surface area contributed by atoms with Gasteiger partial charge in [-0.15, -0.1) is 6.58 Å². The first-order valence-electron chi connectivity index (χ1n) is 8.64. The lowest BCUT2D eigenvalue weighted by atomic mass is 9.71. The molecule has 0 radical (unpaired) electrons. The standard InChI is InChI=1S/C20H22F4/c1-2-12-3-5-13(6-4-12)14-7-8-16(17(21)9-14)15-10-18(22)20(24)19(23)11-15/h2,10-14H,1,3-9H2. The van der Waals surface area contributed by atoms with Gasteiger partial charge in [0.2, 0.25) is 0 Å². The summed E-state index contributed by atoms with van der Waals surface area (Å²) in [6, 6.07) is 1.78. The lowest BCUT2D eigenvalue weighted by molar-refractivity contribution is 0.201. The molecule has 1 atom stereocenters. The Labute approximate surface area is 140 Å². The molecule has 24 heavy (non-hydrogen) atoms. The largest absolute Gasteiger partial charge is 0.211 e. The maximum absolute atomic E-state index is 14.6. The Morgan fingerprint density at radius 3 is 2.04 bits per heavy atom. The van der Waals surface area contributed by atoms with Gasteiger partial charge in [-0.3, -0.25) is 0 Å². The molecule has 0 aliphatic heterocycles. The number of rotatable bonds is 3. The summed E-state index contributed by atoms with van der Waals surface area (Å²) in [5.74, 6) is -2.98. The summed E-state index contributed by atoms with van der Waals surface area (Å²) in [5, 5.41) is 0. The summed E-state index contributed by atoms with van der Waals surface area (Å²) < 4.78 is 54.4. The Hall–Kier alpha value is -1.58. The minimum absolute atomic E-state index is 0.123. The molecule has 0 bridgehead atoms. The van der Waals surface area contributed by atoms with Crippen molar-refractivity contribution in [2.75, 3.05) is 0 Å². The second kappa shape index (κ2) is 7.12. The molecule has 3 rings (SSSR count). The normalized spacial score (nSPS) is 28.1. The molecule has 0 N–H and O–H groups in total. The molecule has 0 saturated heterocycles. The number of hydrogen-bond donors (Lipinski definition) is 0. The summed E-state index contributed by atoms with van der Waals surface area (Å²) in [7, 11) is 0. The quantitative estimate of drug-likeness (QED) is 0.332. The topological polar surface area (TPSA) is 0 Å². The summed E-state index contributed by atoms with van der Waals surface area (Å²) in [6.07, 6.45) is 7.98. The Morgan fingerprint density at radius 1 is 0.875 bits per heavy atom. The van der Waals surface area contributed by atoms with Crippen LogP contribution in [0.3, 0.4) is 0 Å². The van der Waals surface area contributed by atoms with Crippen LogP contribution in [0.15, 0.2) is 30.6 Å². The van der Waals surface area contributed by atoms with Crippen molar-refractivity contribution < 1.29 is 17.6 Å². The molecular weight excluding hydrogens is 316 g/mol. The number of halogens is 4. The predicted octanol–water partition coefficient (Wildman–Crippen LogP) is 6.58. The van der Waals surface area contributed by atoms with Gasteiger partial charge in [-0.05, 0) is 79.5 Å². The van der Waals surface area contributed by atoms with Crippen LogP contribution in [0.4, 0.5) is 17.6 Å². The van der Waals surface area contributed by atoms with E-state index in [9.17, 15) is 17.6 Å². The van der Waals surface area contributed by atoms with Gasteiger partial charge in [0.05, 0.1) is 0 Å².